The molecule has 0 radical (unpaired) electrons. The van der Waals surface area contributed by atoms with Crippen LogP contribution in [0.15, 0.2) is 41.5 Å². The van der Waals surface area contributed by atoms with E-state index in [2.05, 4.69) is 10.3 Å². The van der Waals surface area contributed by atoms with Gasteiger partial charge in [0.2, 0.25) is 0 Å². The van der Waals surface area contributed by atoms with Gasteiger partial charge in [0.15, 0.2) is 5.96 Å². The Hall–Kier alpha value is -1.28. The second-order valence-electron chi connectivity index (χ2n) is 6.28. The van der Waals surface area contributed by atoms with Crippen molar-refractivity contribution in [3.8, 4) is 0 Å². The van der Waals surface area contributed by atoms with Gasteiger partial charge in [-0.3, -0.25) is 4.99 Å². The zero-order valence-electron chi connectivity index (χ0n) is 14.5. The molecule has 1 heterocycles. The third-order valence-corrected chi connectivity index (χ3v) is 4.66. The van der Waals surface area contributed by atoms with Crippen LogP contribution in [0.25, 0.3) is 0 Å². The number of nitrogens with zero attached hydrogens (tertiary/aromatic N) is 3. The van der Waals surface area contributed by atoms with Gasteiger partial charge >= 0.3 is 0 Å². The molecule has 1 aromatic heterocycles. The molecular formula is C18H23ClFIN4. The Kier molecular flexibility index (Phi) is 6.73. The monoisotopic (exact) mass is 476 g/mol. The van der Waals surface area contributed by atoms with E-state index in [1.54, 1.807) is 13.1 Å². The van der Waals surface area contributed by atoms with Gasteiger partial charge in [0.1, 0.15) is 5.82 Å². The van der Waals surface area contributed by atoms with Gasteiger partial charge in [-0.1, -0.05) is 29.8 Å². The molecule has 4 nitrogen and oxygen atoms in total. The number of halogens is 3. The van der Waals surface area contributed by atoms with Gasteiger partial charge in [-0.25, -0.2) is 4.39 Å². The number of hydrogen-bond donors (Lipinski definition) is 1. The Morgan fingerprint density at radius 3 is 2.76 bits per heavy atom. The molecule has 1 aliphatic rings. The first kappa shape index (κ1) is 20.0. The number of aryl methyl sites for hydroxylation is 1. The fraction of sp³-hybridized carbons (Fsp3) is 0.389. The maximum atomic E-state index is 13.9. The molecule has 1 aliphatic carbocycles. The molecule has 3 rings (SSSR count). The first-order valence-electron chi connectivity index (χ1n) is 7.99. The van der Waals surface area contributed by atoms with Crippen LogP contribution in [0.2, 0.25) is 5.02 Å². The van der Waals surface area contributed by atoms with Crippen molar-refractivity contribution in [3.63, 3.8) is 0 Å². The molecule has 25 heavy (non-hydrogen) atoms. The summed E-state index contributed by atoms with van der Waals surface area (Å²) in [6.45, 7) is 0.694. The standard InChI is InChI=1S/C18H22ClFN4.HI/c1-21-18(24(3)11-13-8-12(19)10-23(13)2)22-17-9-15(17)14-6-4-5-7-16(14)20;/h4-8,10,15,17H,9,11H2,1-3H3,(H,21,22);1H. The van der Waals surface area contributed by atoms with E-state index in [1.807, 2.05) is 48.0 Å². The summed E-state index contributed by atoms with van der Waals surface area (Å²) in [6, 6.07) is 9.16. The lowest BCUT2D eigenvalue weighted by atomic mass is 10.1. The third kappa shape index (κ3) is 4.67. The molecule has 1 aromatic carbocycles. The molecule has 1 fully saturated rings. The van der Waals surface area contributed by atoms with Gasteiger partial charge in [0.25, 0.3) is 0 Å². The molecule has 0 spiro atoms. The molecule has 136 valence electrons. The van der Waals surface area contributed by atoms with Crippen molar-refractivity contribution in [1.29, 1.82) is 0 Å². The van der Waals surface area contributed by atoms with Crippen LogP contribution in [0.1, 0.15) is 23.6 Å². The van der Waals surface area contributed by atoms with Gasteiger partial charge in [0, 0.05) is 45.0 Å². The second kappa shape index (κ2) is 8.40. The lowest BCUT2D eigenvalue weighted by molar-refractivity contribution is 0.460. The third-order valence-electron chi connectivity index (χ3n) is 4.46. The van der Waals surface area contributed by atoms with Crippen LogP contribution in [0.4, 0.5) is 4.39 Å². The van der Waals surface area contributed by atoms with E-state index >= 15 is 0 Å². The lowest BCUT2D eigenvalue weighted by Crippen LogP contribution is -2.40. The maximum Gasteiger partial charge on any atom is 0.193 e. The van der Waals surface area contributed by atoms with Crippen molar-refractivity contribution in [2.45, 2.75) is 24.9 Å². The molecule has 0 bridgehead atoms. The van der Waals surface area contributed by atoms with E-state index in [1.165, 1.54) is 6.07 Å². The van der Waals surface area contributed by atoms with E-state index in [4.69, 9.17) is 11.6 Å². The van der Waals surface area contributed by atoms with Gasteiger partial charge < -0.3 is 14.8 Å². The predicted molar refractivity (Wildman–Crippen MR) is 111 cm³/mol. The minimum absolute atomic E-state index is 0. The van der Waals surface area contributed by atoms with Gasteiger partial charge in [-0.2, -0.15) is 0 Å². The van der Waals surface area contributed by atoms with Crippen LogP contribution in [0.5, 0.6) is 0 Å². The molecule has 2 unspecified atom stereocenters. The van der Waals surface area contributed by atoms with E-state index in [0.717, 1.165) is 28.7 Å². The summed E-state index contributed by atoms with van der Waals surface area (Å²) in [5, 5.41) is 4.16. The molecule has 1 saturated carbocycles. The summed E-state index contributed by atoms with van der Waals surface area (Å²) in [4.78, 5) is 6.39. The topological polar surface area (TPSA) is 32.6 Å². The van der Waals surface area contributed by atoms with Gasteiger partial charge in [-0.05, 0) is 24.1 Å². The van der Waals surface area contributed by atoms with E-state index < -0.39 is 0 Å². The number of nitrogens with one attached hydrogen (secondary N) is 1. The summed E-state index contributed by atoms with van der Waals surface area (Å²) in [5.74, 6) is 0.880. The molecule has 2 aromatic rings. The summed E-state index contributed by atoms with van der Waals surface area (Å²) < 4.78 is 15.9. The van der Waals surface area contributed by atoms with Crippen molar-refractivity contribution in [1.82, 2.24) is 14.8 Å². The van der Waals surface area contributed by atoms with Crippen molar-refractivity contribution in [2.75, 3.05) is 14.1 Å². The van der Waals surface area contributed by atoms with Crippen LogP contribution < -0.4 is 5.32 Å². The number of hydrogen-bond acceptors (Lipinski definition) is 1. The highest BCUT2D eigenvalue weighted by molar-refractivity contribution is 14.0. The summed E-state index contributed by atoms with van der Waals surface area (Å²) in [5.41, 5.74) is 1.88. The Morgan fingerprint density at radius 1 is 1.44 bits per heavy atom. The highest BCUT2D eigenvalue weighted by atomic mass is 127. The second-order valence-corrected chi connectivity index (χ2v) is 6.71. The van der Waals surface area contributed by atoms with Crippen molar-refractivity contribution >= 4 is 41.5 Å². The maximum absolute atomic E-state index is 13.9. The Labute approximate surface area is 170 Å². The average Bonchev–Trinajstić information content (AvgIpc) is 3.23. The summed E-state index contributed by atoms with van der Waals surface area (Å²) >= 11 is 6.04. The Balaban J connectivity index is 0.00000225. The van der Waals surface area contributed by atoms with Crippen molar-refractivity contribution in [2.24, 2.45) is 12.0 Å². The largest absolute Gasteiger partial charge is 0.353 e. The quantitative estimate of drug-likeness (QED) is 0.411. The fourth-order valence-electron chi connectivity index (χ4n) is 3.03. The van der Waals surface area contributed by atoms with Crippen LogP contribution in [-0.2, 0) is 13.6 Å². The van der Waals surface area contributed by atoms with E-state index in [-0.39, 0.29) is 41.8 Å². The highest BCUT2D eigenvalue weighted by Gasteiger charge is 2.40. The van der Waals surface area contributed by atoms with Crippen molar-refractivity contribution in [3.05, 3.63) is 58.6 Å². The van der Waals surface area contributed by atoms with Crippen LogP contribution in [-0.4, -0.2) is 35.6 Å². The molecule has 7 heteroatoms. The number of aliphatic imine (C=N–C) groups is 1. The number of benzene rings is 1. The zero-order chi connectivity index (χ0) is 17.3. The van der Waals surface area contributed by atoms with E-state index in [9.17, 15) is 4.39 Å². The summed E-state index contributed by atoms with van der Waals surface area (Å²) in [6.07, 6.45) is 2.81. The average molecular weight is 477 g/mol. The van der Waals surface area contributed by atoms with Crippen LogP contribution in [0.3, 0.4) is 0 Å². The van der Waals surface area contributed by atoms with Crippen LogP contribution >= 0.6 is 35.6 Å². The van der Waals surface area contributed by atoms with Crippen molar-refractivity contribution < 1.29 is 4.39 Å². The predicted octanol–water partition coefficient (Wildman–Crippen LogP) is 4.00. The SMILES string of the molecule is CN=C(NC1CC1c1ccccc1F)N(C)Cc1cc(Cl)cn1C.I. The minimum atomic E-state index is -0.131. The van der Waals surface area contributed by atoms with Gasteiger partial charge in [0.05, 0.1) is 11.6 Å². The zero-order valence-corrected chi connectivity index (χ0v) is 17.6. The summed E-state index contributed by atoms with van der Waals surface area (Å²) in [7, 11) is 5.72. The van der Waals surface area contributed by atoms with E-state index in [0.29, 0.717) is 6.54 Å². The van der Waals surface area contributed by atoms with Gasteiger partial charge in [-0.15, -0.1) is 24.0 Å². The Morgan fingerprint density at radius 2 is 2.16 bits per heavy atom. The molecular weight excluding hydrogens is 454 g/mol. The molecule has 2 atom stereocenters. The first-order chi connectivity index (χ1) is 11.5. The fourth-order valence-corrected chi connectivity index (χ4v) is 3.30. The molecule has 0 amide bonds. The van der Waals surface area contributed by atoms with Crippen LogP contribution in [0, 0.1) is 5.82 Å². The first-order valence-corrected chi connectivity index (χ1v) is 8.37. The number of guanidine groups is 1. The lowest BCUT2D eigenvalue weighted by Gasteiger charge is -2.22. The highest BCUT2D eigenvalue weighted by Crippen LogP contribution is 2.41. The Bertz CT molecular complexity index is 761. The number of aromatic nitrogens is 1. The molecule has 0 aliphatic heterocycles. The normalized spacial score (nSPS) is 19.3. The minimum Gasteiger partial charge on any atom is -0.353 e. The molecule has 0 saturated heterocycles. The molecule has 1 N–H and O–H groups in total. The smallest absolute Gasteiger partial charge is 0.193 e. The number of rotatable bonds is 4.